The molecule has 2 aromatic carbocycles. The molecule has 0 radical (unpaired) electrons. The number of hydrogen-bond acceptors (Lipinski definition) is 6. The van der Waals surface area contributed by atoms with E-state index in [2.05, 4.69) is 31.2 Å². The van der Waals surface area contributed by atoms with Gasteiger partial charge in [0.15, 0.2) is 0 Å². The summed E-state index contributed by atoms with van der Waals surface area (Å²) in [5.74, 6) is -0.166. The number of nitrogens with zero attached hydrogens (tertiary/aromatic N) is 4. The van der Waals surface area contributed by atoms with E-state index in [1.807, 2.05) is 60.3 Å². The van der Waals surface area contributed by atoms with Gasteiger partial charge in [-0.2, -0.15) is 0 Å². The van der Waals surface area contributed by atoms with E-state index < -0.39 is 17.5 Å². The van der Waals surface area contributed by atoms with Crippen LogP contribution < -0.4 is 16.6 Å². The topological polar surface area (TPSA) is 128 Å². The maximum atomic E-state index is 13.3. The monoisotopic (exact) mass is 558 g/mol. The molecule has 3 aromatic heterocycles. The van der Waals surface area contributed by atoms with Gasteiger partial charge in [0.05, 0.1) is 18.0 Å². The zero-order valence-corrected chi connectivity index (χ0v) is 21.4. The number of nitrogens with two attached hydrogens (primary N) is 1. The first-order chi connectivity index (χ1) is 17.9. The number of rotatable bonds is 6. The minimum absolute atomic E-state index is 0.0493. The summed E-state index contributed by atoms with van der Waals surface area (Å²) in [7, 11) is 1.89. The Labute approximate surface area is 220 Å². The molecule has 0 saturated carbocycles. The minimum Gasteiger partial charge on any atom is -0.394 e. The smallest absolute Gasteiger partial charge is 0.264 e. The lowest BCUT2D eigenvalue weighted by Crippen LogP contribution is -2.33. The van der Waals surface area contributed by atoms with Gasteiger partial charge in [-0.15, -0.1) is 0 Å². The van der Waals surface area contributed by atoms with Gasteiger partial charge in [0.25, 0.3) is 11.5 Å². The third-order valence-corrected chi connectivity index (χ3v) is 6.62. The molecule has 186 valence electrons. The summed E-state index contributed by atoms with van der Waals surface area (Å²) < 4.78 is 3.79. The number of halogens is 1. The number of amides is 1. The lowest BCUT2D eigenvalue weighted by molar-refractivity contribution is 0.102. The van der Waals surface area contributed by atoms with E-state index in [-0.39, 0.29) is 12.2 Å². The largest absolute Gasteiger partial charge is 0.394 e. The van der Waals surface area contributed by atoms with Crippen molar-refractivity contribution >= 4 is 44.4 Å². The molecule has 1 atom stereocenters. The van der Waals surface area contributed by atoms with Crippen molar-refractivity contribution in [3.8, 4) is 11.1 Å². The van der Waals surface area contributed by atoms with Crippen LogP contribution in [0, 0.1) is 0 Å². The Morgan fingerprint density at radius 1 is 1.11 bits per heavy atom. The van der Waals surface area contributed by atoms with Crippen LogP contribution in [0.5, 0.6) is 0 Å². The molecule has 5 rings (SSSR count). The Kier molecular flexibility index (Phi) is 6.60. The van der Waals surface area contributed by atoms with Crippen molar-refractivity contribution in [3.63, 3.8) is 0 Å². The number of fused-ring (bicyclic) bond motifs is 1. The molecular formula is C27H23BrN6O3. The van der Waals surface area contributed by atoms with E-state index >= 15 is 0 Å². The maximum absolute atomic E-state index is 13.3. The fraction of sp³-hybridized carbons (Fsp3) is 0.111. The van der Waals surface area contributed by atoms with E-state index in [9.17, 15) is 14.7 Å². The number of carbonyl (C=O) groups is 1. The summed E-state index contributed by atoms with van der Waals surface area (Å²) in [5, 5.41) is 13.6. The summed E-state index contributed by atoms with van der Waals surface area (Å²) in [6, 6.07) is 17.2. The number of nitrogens with one attached hydrogen (secondary N) is 1. The van der Waals surface area contributed by atoms with Gasteiger partial charge in [-0.25, -0.2) is 9.97 Å². The van der Waals surface area contributed by atoms with Gasteiger partial charge in [-0.05, 0) is 45.3 Å². The highest BCUT2D eigenvalue weighted by Crippen LogP contribution is 2.32. The van der Waals surface area contributed by atoms with E-state index in [0.717, 1.165) is 27.7 Å². The highest BCUT2D eigenvalue weighted by molar-refractivity contribution is 9.10. The number of benzene rings is 2. The van der Waals surface area contributed by atoms with Gasteiger partial charge in [0.2, 0.25) is 0 Å². The third kappa shape index (κ3) is 4.64. The molecule has 10 heteroatoms. The molecule has 0 bridgehead atoms. The van der Waals surface area contributed by atoms with E-state index in [4.69, 9.17) is 5.73 Å². The number of anilines is 2. The lowest BCUT2D eigenvalue weighted by Gasteiger charge is -2.19. The Morgan fingerprint density at radius 2 is 1.84 bits per heavy atom. The number of pyridine rings is 1. The van der Waals surface area contributed by atoms with Crippen LogP contribution in [0.4, 0.5) is 11.5 Å². The van der Waals surface area contributed by atoms with Crippen LogP contribution >= 0.6 is 15.9 Å². The molecule has 0 saturated heterocycles. The highest BCUT2D eigenvalue weighted by Gasteiger charge is 2.20. The van der Waals surface area contributed by atoms with Gasteiger partial charge in [0.1, 0.15) is 23.4 Å². The number of hydrogen-bond donors (Lipinski definition) is 3. The number of nitrogen functional groups attached to an aromatic ring is 1. The highest BCUT2D eigenvalue weighted by atomic mass is 79.9. The molecule has 5 aromatic rings. The fourth-order valence-corrected chi connectivity index (χ4v) is 4.83. The molecule has 0 aliphatic rings. The zero-order valence-electron chi connectivity index (χ0n) is 19.8. The second kappa shape index (κ2) is 10.00. The Balaban J connectivity index is 1.43. The van der Waals surface area contributed by atoms with Crippen LogP contribution in [-0.4, -0.2) is 36.7 Å². The Morgan fingerprint density at radius 3 is 2.54 bits per heavy atom. The summed E-state index contributed by atoms with van der Waals surface area (Å²) in [5.41, 5.74) is 9.30. The van der Waals surface area contributed by atoms with Crippen molar-refractivity contribution in [2.24, 2.45) is 7.05 Å². The van der Waals surface area contributed by atoms with Crippen LogP contribution in [0.15, 0.2) is 88.7 Å². The van der Waals surface area contributed by atoms with Gasteiger partial charge >= 0.3 is 0 Å². The molecule has 0 fully saturated rings. The molecule has 0 spiro atoms. The number of carbonyl (C=O) groups excluding carboxylic acids is 1. The van der Waals surface area contributed by atoms with Gasteiger partial charge in [0, 0.05) is 35.2 Å². The average molecular weight is 559 g/mol. The van der Waals surface area contributed by atoms with Crippen molar-refractivity contribution in [1.29, 1.82) is 0 Å². The maximum Gasteiger partial charge on any atom is 0.264 e. The van der Waals surface area contributed by atoms with Gasteiger partial charge in [-0.1, -0.05) is 42.5 Å². The van der Waals surface area contributed by atoms with Gasteiger partial charge in [-0.3, -0.25) is 9.59 Å². The van der Waals surface area contributed by atoms with Crippen molar-refractivity contribution in [1.82, 2.24) is 19.1 Å². The molecule has 1 amide bonds. The number of aliphatic hydroxyl groups is 1. The second-order valence-electron chi connectivity index (χ2n) is 8.54. The molecule has 4 N–H and O–H groups in total. The van der Waals surface area contributed by atoms with E-state index in [1.54, 1.807) is 18.3 Å². The van der Waals surface area contributed by atoms with E-state index in [1.165, 1.54) is 17.0 Å². The van der Waals surface area contributed by atoms with Crippen LogP contribution in [-0.2, 0) is 7.05 Å². The zero-order chi connectivity index (χ0) is 26.1. The Hall–Kier alpha value is -4.28. The summed E-state index contributed by atoms with van der Waals surface area (Å²) in [4.78, 5) is 34.8. The van der Waals surface area contributed by atoms with Crippen molar-refractivity contribution in [2.45, 2.75) is 6.04 Å². The second-order valence-corrected chi connectivity index (χ2v) is 9.45. The lowest BCUT2D eigenvalue weighted by atomic mass is 10.1. The van der Waals surface area contributed by atoms with E-state index in [0.29, 0.717) is 16.0 Å². The van der Waals surface area contributed by atoms with Crippen LogP contribution in [0.3, 0.4) is 0 Å². The standard InChI is InChI=1S/C27H23BrN6O3/c1-33-13-21(23-24(29)30-15-31-25(23)33)16-7-9-19(10-8-16)32-26(36)20-11-18(28)12-34(27(20)37)22(14-35)17-5-3-2-4-6-17/h2-13,15,22,35H,14H2,1H3,(H,32,36)(H2,29,30,31)/t22-/m0/s1. The molecular weight excluding hydrogens is 536 g/mol. The van der Waals surface area contributed by atoms with Crippen molar-refractivity contribution in [3.05, 3.63) is 105 Å². The van der Waals surface area contributed by atoms with Crippen LogP contribution in [0.1, 0.15) is 22.0 Å². The normalized spacial score (nSPS) is 12.0. The molecule has 0 aliphatic heterocycles. The van der Waals surface area contributed by atoms with Crippen LogP contribution in [0.25, 0.3) is 22.2 Å². The summed E-state index contributed by atoms with van der Waals surface area (Å²) in [6.07, 6.45) is 4.93. The SMILES string of the molecule is Cn1cc(-c2ccc(NC(=O)c3cc(Br)cn([C@@H](CO)c4ccccc4)c3=O)cc2)c2c(N)ncnc21. The molecule has 37 heavy (non-hydrogen) atoms. The number of aryl methyl sites for hydroxylation is 1. The van der Waals surface area contributed by atoms with Crippen LogP contribution in [0.2, 0.25) is 0 Å². The molecule has 0 unspecified atom stereocenters. The predicted octanol–water partition coefficient (Wildman–Crippen LogP) is 3.98. The first-order valence-corrected chi connectivity index (χ1v) is 12.2. The average Bonchev–Trinajstić information content (AvgIpc) is 3.25. The quantitative estimate of drug-likeness (QED) is 0.289. The van der Waals surface area contributed by atoms with Crippen molar-refractivity contribution < 1.29 is 9.90 Å². The summed E-state index contributed by atoms with van der Waals surface area (Å²) >= 11 is 3.39. The molecule has 9 nitrogen and oxygen atoms in total. The molecule has 3 heterocycles. The first-order valence-electron chi connectivity index (χ1n) is 11.4. The summed E-state index contributed by atoms with van der Waals surface area (Å²) in [6.45, 7) is -0.299. The first kappa shape index (κ1) is 24.4. The predicted molar refractivity (Wildman–Crippen MR) is 146 cm³/mol. The molecule has 0 aliphatic carbocycles. The minimum atomic E-state index is -0.630. The number of aromatic nitrogens is 4. The fourth-order valence-electron chi connectivity index (χ4n) is 4.38. The Bertz CT molecular complexity index is 1660. The third-order valence-electron chi connectivity index (χ3n) is 6.18. The number of aliphatic hydroxyl groups excluding tert-OH is 1. The van der Waals surface area contributed by atoms with Gasteiger partial charge < -0.3 is 25.3 Å². The van der Waals surface area contributed by atoms with Crippen molar-refractivity contribution in [2.75, 3.05) is 17.7 Å².